The number of rotatable bonds is 15. The molecule has 2 heterocycles. The van der Waals surface area contributed by atoms with E-state index in [-0.39, 0.29) is 18.4 Å². The zero-order valence-electron chi connectivity index (χ0n) is 22.7. The Morgan fingerprint density at radius 3 is 2.46 bits per heavy atom. The Bertz CT molecular complexity index is 942. The van der Waals surface area contributed by atoms with Crippen molar-refractivity contribution < 1.29 is 23.5 Å². The molecule has 1 aliphatic rings. The number of amides is 1. The van der Waals surface area contributed by atoms with Gasteiger partial charge in [-0.2, -0.15) is 0 Å². The van der Waals surface area contributed by atoms with Gasteiger partial charge in [0.2, 0.25) is 5.91 Å². The minimum absolute atomic E-state index is 0.0163. The molecule has 1 atom stereocenters. The summed E-state index contributed by atoms with van der Waals surface area (Å²) in [6, 6.07) is 13.6. The number of carbonyl (C=O) groups excluding carboxylic acids is 2. The molecule has 0 radical (unpaired) electrons. The van der Waals surface area contributed by atoms with Gasteiger partial charge in [-0.05, 0) is 44.4 Å². The van der Waals surface area contributed by atoms with Crippen LogP contribution in [0.2, 0.25) is 0 Å². The third-order valence-corrected chi connectivity index (χ3v) is 6.72. The molecule has 1 saturated heterocycles. The number of benzene rings is 1. The van der Waals surface area contributed by atoms with Crippen molar-refractivity contribution in [2.45, 2.75) is 52.6 Å². The van der Waals surface area contributed by atoms with Crippen molar-refractivity contribution in [2.24, 2.45) is 0 Å². The van der Waals surface area contributed by atoms with Crippen LogP contribution < -0.4 is 0 Å². The van der Waals surface area contributed by atoms with Crippen molar-refractivity contribution in [1.29, 1.82) is 0 Å². The van der Waals surface area contributed by atoms with Crippen molar-refractivity contribution in [3.05, 3.63) is 59.5 Å². The van der Waals surface area contributed by atoms with E-state index in [1.165, 1.54) is 5.56 Å². The van der Waals surface area contributed by atoms with Crippen molar-refractivity contribution >= 4 is 11.9 Å². The average molecular weight is 514 g/mol. The van der Waals surface area contributed by atoms with Gasteiger partial charge in [0.15, 0.2) is 0 Å². The van der Waals surface area contributed by atoms with Crippen LogP contribution in [0, 0.1) is 6.92 Å². The molecule has 2 aromatic rings. The quantitative estimate of drug-likeness (QED) is 0.337. The van der Waals surface area contributed by atoms with Gasteiger partial charge in [-0.1, -0.05) is 43.7 Å². The van der Waals surface area contributed by atoms with Gasteiger partial charge in [-0.25, -0.2) is 0 Å². The van der Waals surface area contributed by atoms with E-state index in [9.17, 15) is 9.59 Å². The second-order valence-corrected chi connectivity index (χ2v) is 9.54. The van der Waals surface area contributed by atoms with Gasteiger partial charge in [0.1, 0.15) is 17.6 Å². The highest BCUT2D eigenvalue weighted by atomic mass is 16.5. The first-order valence-electron chi connectivity index (χ1n) is 13.6. The fraction of sp³-hybridized carbons (Fsp3) is 0.586. The van der Waals surface area contributed by atoms with Crippen molar-refractivity contribution in [1.82, 2.24) is 14.7 Å². The minimum Gasteiger partial charge on any atom is -0.465 e. The molecule has 8 heteroatoms. The summed E-state index contributed by atoms with van der Waals surface area (Å²) < 4.78 is 16.7. The predicted octanol–water partition coefficient (Wildman–Crippen LogP) is 3.53. The molecule has 0 aliphatic carbocycles. The largest absolute Gasteiger partial charge is 0.465 e. The zero-order chi connectivity index (χ0) is 26.5. The van der Waals surface area contributed by atoms with Gasteiger partial charge in [-0.15, -0.1) is 0 Å². The fourth-order valence-corrected chi connectivity index (χ4v) is 4.63. The van der Waals surface area contributed by atoms with E-state index in [0.717, 1.165) is 44.0 Å². The molecule has 0 bridgehead atoms. The molecule has 1 amide bonds. The van der Waals surface area contributed by atoms with Crippen molar-refractivity contribution in [3.8, 4) is 0 Å². The number of ether oxygens (including phenoxy) is 2. The summed E-state index contributed by atoms with van der Waals surface area (Å²) in [5.74, 6) is 1.31. The van der Waals surface area contributed by atoms with Crippen LogP contribution in [0.1, 0.15) is 43.8 Å². The number of hydrogen-bond acceptors (Lipinski definition) is 7. The summed E-state index contributed by atoms with van der Waals surface area (Å²) >= 11 is 0. The number of hydrogen-bond donors (Lipinski definition) is 0. The van der Waals surface area contributed by atoms with E-state index in [1.54, 1.807) is 0 Å². The summed E-state index contributed by atoms with van der Waals surface area (Å²) in [5, 5.41) is 0. The monoisotopic (exact) mass is 513 g/mol. The molecule has 3 rings (SSSR count). The van der Waals surface area contributed by atoms with Gasteiger partial charge in [0.05, 0.1) is 32.9 Å². The number of nitrogens with zero attached hydrogens (tertiary/aromatic N) is 3. The average Bonchev–Trinajstić information content (AvgIpc) is 3.33. The Kier molecular flexibility index (Phi) is 12.1. The number of furan rings is 1. The summed E-state index contributed by atoms with van der Waals surface area (Å²) in [6.07, 6.45) is 2.22. The third kappa shape index (κ3) is 9.61. The standard InChI is InChI=1S/C29H43N3O5/c1-4-9-27(29(34)36-5-2)31(17-16-30-18-20-35-21-19-30)23-28(33)32(22-26-13-12-24(3)37-26)15-14-25-10-7-6-8-11-25/h6-8,10-13,27H,4-5,9,14-23H2,1-3H3/t27-/m0/s1. The first-order valence-corrected chi connectivity index (χ1v) is 13.6. The number of morpholine rings is 1. The topological polar surface area (TPSA) is 75.5 Å². The minimum atomic E-state index is -0.447. The molecule has 1 aromatic heterocycles. The van der Waals surface area contributed by atoms with Gasteiger partial charge in [-0.3, -0.25) is 19.4 Å². The molecule has 37 heavy (non-hydrogen) atoms. The summed E-state index contributed by atoms with van der Waals surface area (Å²) in [5.41, 5.74) is 1.18. The van der Waals surface area contributed by atoms with E-state index >= 15 is 0 Å². The van der Waals surface area contributed by atoms with E-state index in [4.69, 9.17) is 13.9 Å². The van der Waals surface area contributed by atoms with Crippen LogP contribution in [0.25, 0.3) is 0 Å². The van der Waals surface area contributed by atoms with Gasteiger partial charge >= 0.3 is 5.97 Å². The van der Waals surface area contributed by atoms with Gasteiger partial charge < -0.3 is 18.8 Å². The molecule has 1 aromatic carbocycles. The van der Waals surface area contributed by atoms with Crippen molar-refractivity contribution in [2.75, 3.05) is 59.1 Å². The SMILES string of the molecule is CCC[C@@H](C(=O)OCC)N(CCN1CCOCC1)CC(=O)N(CCc1ccccc1)Cc1ccc(C)o1. The van der Waals surface area contributed by atoms with Crippen LogP contribution in [-0.4, -0.2) is 91.7 Å². The first-order chi connectivity index (χ1) is 18.0. The molecule has 1 fully saturated rings. The first kappa shape index (κ1) is 28.9. The lowest BCUT2D eigenvalue weighted by Crippen LogP contribution is -2.51. The highest BCUT2D eigenvalue weighted by Gasteiger charge is 2.30. The zero-order valence-corrected chi connectivity index (χ0v) is 22.7. The molecular formula is C29H43N3O5. The second-order valence-electron chi connectivity index (χ2n) is 9.54. The number of esters is 1. The van der Waals surface area contributed by atoms with Crippen LogP contribution in [0.3, 0.4) is 0 Å². The third-order valence-electron chi connectivity index (χ3n) is 6.72. The molecular weight excluding hydrogens is 470 g/mol. The lowest BCUT2D eigenvalue weighted by Gasteiger charge is -2.34. The second kappa shape index (κ2) is 15.5. The highest BCUT2D eigenvalue weighted by Crippen LogP contribution is 2.15. The molecule has 0 spiro atoms. The number of aryl methyl sites for hydroxylation is 1. The molecule has 204 valence electrons. The fourth-order valence-electron chi connectivity index (χ4n) is 4.63. The van der Waals surface area contributed by atoms with Crippen molar-refractivity contribution in [3.63, 3.8) is 0 Å². The lowest BCUT2D eigenvalue weighted by atomic mass is 10.1. The predicted molar refractivity (Wildman–Crippen MR) is 143 cm³/mol. The maximum absolute atomic E-state index is 13.8. The molecule has 0 saturated carbocycles. The summed E-state index contributed by atoms with van der Waals surface area (Å²) in [4.78, 5) is 32.9. The normalized spacial score (nSPS) is 15.0. The van der Waals surface area contributed by atoms with Gasteiger partial charge in [0, 0.05) is 32.7 Å². The Balaban J connectivity index is 1.76. The summed E-state index contributed by atoms with van der Waals surface area (Å²) in [7, 11) is 0. The highest BCUT2D eigenvalue weighted by molar-refractivity contribution is 5.80. The molecule has 0 N–H and O–H groups in total. The Labute approximate surface area is 221 Å². The number of carbonyl (C=O) groups is 2. The van der Waals surface area contributed by atoms with Crippen LogP contribution in [-0.2, 0) is 32.0 Å². The van der Waals surface area contributed by atoms with E-state index < -0.39 is 6.04 Å². The van der Waals surface area contributed by atoms with E-state index in [2.05, 4.69) is 24.0 Å². The Morgan fingerprint density at radius 1 is 1.05 bits per heavy atom. The smallest absolute Gasteiger partial charge is 0.323 e. The van der Waals surface area contributed by atoms with Crippen LogP contribution in [0.5, 0.6) is 0 Å². The Hall–Kier alpha value is -2.68. The van der Waals surface area contributed by atoms with E-state index in [1.807, 2.05) is 54.0 Å². The Morgan fingerprint density at radius 2 is 1.81 bits per heavy atom. The molecule has 0 unspecified atom stereocenters. The van der Waals surface area contributed by atoms with Crippen LogP contribution in [0.4, 0.5) is 0 Å². The van der Waals surface area contributed by atoms with E-state index in [0.29, 0.717) is 45.9 Å². The van der Waals surface area contributed by atoms with Crippen LogP contribution in [0.15, 0.2) is 46.9 Å². The summed E-state index contributed by atoms with van der Waals surface area (Å²) in [6.45, 7) is 11.8. The maximum Gasteiger partial charge on any atom is 0.323 e. The molecule has 8 nitrogen and oxygen atoms in total. The lowest BCUT2D eigenvalue weighted by molar-refractivity contribution is -0.151. The molecule has 1 aliphatic heterocycles. The van der Waals surface area contributed by atoms with Crippen LogP contribution >= 0.6 is 0 Å². The van der Waals surface area contributed by atoms with Gasteiger partial charge in [0.25, 0.3) is 0 Å². The maximum atomic E-state index is 13.8.